The Morgan fingerprint density at radius 1 is 0.443 bits per heavy atom. The van der Waals surface area contributed by atoms with Gasteiger partial charge in [-0.25, -0.2) is 77.8 Å². The molecule has 700 valence electrons. The van der Waals surface area contributed by atoms with E-state index in [-0.39, 0.29) is 46.2 Å². The lowest BCUT2D eigenvalue weighted by Crippen LogP contribution is -2.51. The van der Waals surface area contributed by atoms with Crippen LogP contribution in [0.3, 0.4) is 0 Å². The number of aliphatic hydroxyl groups is 13. The fourth-order valence-electron chi connectivity index (χ4n) is 16.0. The summed E-state index contributed by atoms with van der Waals surface area (Å²) >= 11 is 0. The van der Waals surface area contributed by atoms with Gasteiger partial charge in [0.2, 0.25) is 0 Å². The molecular weight excluding hydrogens is 1760 g/mol. The molecule has 131 heavy (non-hydrogen) atoms. The van der Waals surface area contributed by atoms with Crippen molar-refractivity contribution in [1.82, 2.24) is 77.6 Å². The molecule has 48 nitrogen and oxygen atoms in total. The molecule has 6 aliphatic heterocycles. The molecule has 6 saturated heterocycles. The number of ether oxygens (including phenoxy) is 6. The Morgan fingerprint density at radius 2 is 0.840 bits per heavy atom. The summed E-state index contributed by atoms with van der Waals surface area (Å²) in [5.74, 6) is -0.792. The monoisotopic (exact) mass is 1840 g/mol. The van der Waals surface area contributed by atoms with Gasteiger partial charge >= 0.3 is 0 Å². The number of hydrogen-bond donors (Lipinski definition) is 17. The summed E-state index contributed by atoms with van der Waals surface area (Å²) in [6.07, 6.45) is -19.5. The van der Waals surface area contributed by atoms with Crippen LogP contribution in [0.2, 0.25) is 0 Å². The van der Waals surface area contributed by atoms with Crippen molar-refractivity contribution in [2.45, 2.75) is 179 Å². The lowest BCUT2D eigenvalue weighted by molar-refractivity contribution is -0.108. The van der Waals surface area contributed by atoms with Crippen LogP contribution in [0.5, 0.6) is 0 Å². The van der Waals surface area contributed by atoms with Gasteiger partial charge in [0, 0.05) is 45.8 Å². The molecule has 12 aromatic heterocycles. The van der Waals surface area contributed by atoms with Gasteiger partial charge in [-0.3, -0.25) is 0 Å². The van der Waals surface area contributed by atoms with E-state index in [9.17, 15) is 97.1 Å². The smallest absolute Gasteiger partial charge is 0.199 e. The molecule has 0 amide bonds. The first-order valence-electron chi connectivity index (χ1n) is 39.4. The van der Waals surface area contributed by atoms with Gasteiger partial charge in [-0.2, -0.15) is 30.6 Å². The number of fused-ring (bicyclic) bond motifs is 6. The number of nitrogens with zero attached hydrogens (tertiary/aromatic N) is 25. The highest BCUT2D eigenvalue weighted by atomic mass is 19.2. The highest BCUT2D eigenvalue weighted by molar-refractivity contribution is 5.71. The van der Waals surface area contributed by atoms with E-state index in [2.05, 4.69) is 87.2 Å². The number of hydrogen-bond acceptors (Lipinski definition) is 36. The summed E-state index contributed by atoms with van der Waals surface area (Å²) in [5, 5.41) is 160. The first-order valence-corrected chi connectivity index (χ1v) is 39.4. The van der Waals surface area contributed by atoms with Crippen LogP contribution < -0.4 is 22.9 Å². The first kappa shape index (κ1) is 96.2. The van der Waals surface area contributed by atoms with E-state index >= 15 is 0 Å². The van der Waals surface area contributed by atoms with Crippen molar-refractivity contribution < 1.29 is 126 Å². The molecule has 18 heterocycles. The molecule has 0 radical (unpaired) electrons. The molecule has 55 heteroatoms. The lowest BCUT2D eigenvalue weighted by atomic mass is 9.95. The largest absolute Gasteiger partial charge is 0.397 e. The standard InChI is InChI=1S/C14H17N3O4.C13H16F2N4O3.C13H16FN3O3.C12H12F2N6O3.C12H14FN7O3.C12H13FN6O3/c1-2-14(7-18)13(20)11(19)12(21-14)10-4-3-9-8(15)5-6-16-17(9)10;1-6-10-7(14)2-8(19(10)18-5-17-6)11-9(15)12(21)13(3-16,4-20)22-11;1-7-8-3-4-9(17(8)16-6-15-7)11-10(14)12(19)13(2,5-18)20-11;13-5-3-7(20-9(5)6(15)1-2-17-20)10-8(14)11(22)12(4-21,23-10)18-19-16;1-5-16-11(14)7-3-2-6(20(7)17-5)9-8(13)10(22)12(4-21,23-9)18-19-15;1-6-7-2-3-8(19(7)16-5-15-6)10-9(13)11(21)12(4-20,22-10)17-18-14/h2-6,11-13,18-20H,1,7,15H2;2,5,9,11-12,20-21H,3-4,16H2,1H3;3-4,6,10-12,18-19H,5H2,1-2H3;1-3,8,10-11,21-22H,4,15H2;2-3,8-10,21-22H,4H2,1H3,(H2,14,16,17);2-3,5,9-11,20-21H,4H2,1H3/t11-,12-,13-,14+;9-,11-,12-,13+;10-,11-,12-,13+;8-,10-,11-,12+;8-,9-,10-,12+;9-,10-,11-,12+/m000000/s1. The number of rotatable bonds is 17. The minimum atomic E-state index is -2.19. The second-order valence-corrected chi connectivity index (χ2v) is 31.1. The second kappa shape index (κ2) is 37.8. The predicted octanol–water partition coefficient (Wildman–Crippen LogP) is 1.84. The number of nitrogens with two attached hydrogens (primary N) is 4. The van der Waals surface area contributed by atoms with Gasteiger partial charge < -0.3 is 118 Å². The third-order valence-electron chi connectivity index (χ3n) is 23.4. The van der Waals surface area contributed by atoms with Crippen LogP contribution in [0.4, 0.5) is 47.9 Å². The number of aliphatic hydroxyl groups excluding tert-OH is 13. The van der Waals surface area contributed by atoms with E-state index in [1.165, 1.54) is 70.1 Å². The maximum absolute atomic E-state index is 14.5. The Morgan fingerprint density at radius 3 is 1.28 bits per heavy atom. The SMILES string of the molecule is C=C[C@]1(CO)O[C@@H](c2ccc3c(N)ccnn23)[C@H](O)[C@@H]1O.Cc1nc(N)c2ccc([C@@H]3O[C@@](CO)(N=[N+]=[N-])[C@@H](O)[C@H]3F)n2n1.Cc1ncnn2c([C@@H]3O[C@@](CO)(N=[N+]=[N-])[C@@H](O)[C@H]3F)ccc12.Cc1ncnn2c([C@@H]3O[C@](C)(CO)[C@@H](O)[C@H]3F)ccc12.Cc1ncnn2c([C@@H]3O[C@](CN)(CO)[C@@H](O)[C@H]3F)cc(F)c12.[N-]=[N+]=N[C@]1(CO)O[C@@H](c2cc(F)c3c(N)ccnn23)[C@H](F)[C@@H]1O. The van der Waals surface area contributed by atoms with Crippen molar-refractivity contribution >= 4 is 50.3 Å². The maximum atomic E-state index is 14.5. The molecule has 0 aliphatic carbocycles. The van der Waals surface area contributed by atoms with Crippen molar-refractivity contribution in [2.75, 3.05) is 63.4 Å². The number of aryl methyl sites for hydroxylation is 4. The fourth-order valence-corrected chi connectivity index (χ4v) is 16.0. The molecule has 18 rings (SSSR count). The van der Waals surface area contributed by atoms with E-state index in [1.54, 1.807) is 78.3 Å². The van der Waals surface area contributed by atoms with Crippen LogP contribution in [-0.4, -0.2) is 298 Å². The van der Waals surface area contributed by atoms with Crippen LogP contribution >= 0.6 is 0 Å². The zero-order chi connectivity index (χ0) is 95.2. The van der Waals surface area contributed by atoms with Crippen molar-refractivity contribution in [2.24, 2.45) is 21.1 Å². The Hall–Kier alpha value is -12.4. The molecular formula is C76H88F7N29O19. The normalized spacial score (nSPS) is 31.8. The molecule has 6 fully saturated rings. The highest BCUT2D eigenvalue weighted by Gasteiger charge is 2.61. The summed E-state index contributed by atoms with van der Waals surface area (Å²) in [6, 6.07) is 18.4. The third kappa shape index (κ3) is 16.6. The molecule has 6 aliphatic rings. The van der Waals surface area contributed by atoms with Gasteiger partial charge in [-0.1, -0.05) is 21.4 Å². The zero-order valence-corrected chi connectivity index (χ0v) is 69.3. The number of azide groups is 3. The average Bonchev–Trinajstić information content (AvgIpc) is 1.61. The van der Waals surface area contributed by atoms with Gasteiger partial charge in [-0.15, -0.1) is 6.58 Å². The van der Waals surface area contributed by atoms with E-state index in [0.717, 1.165) is 27.9 Å². The number of nitrogen functional groups attached to an aromatic ring is 3. The molecule has 0 bridgehead atoms. The minimum absolute atomic E-state index is 0.0696. The first-order chi connectivity index (χ1) is 62.4. The van der Waals surface area contributed by atoms with E-state index in [0.29, 0.717) is 56.5 Å². The van der Waals surface area contributed by atoms with Gasteiger partial charge in [0.15, 0.2) is 65.5 Å². The number of aromatic nitrogens is 16. The van der Waals surface area contributed by atoms with Gasteiger partial charge in [0.05, 0.1) is 119 Å². The Labute approximate surface area is 731 Å². The average molecular weight is 1840 g/mol. The summed E-state index contributed by atoms with van der Waals surface area (Å²) in [5.41, 5.74) is 44.5. The molecule has 0 unspecified atom stereocenters. The molecule has 0 spiro atoms. The third-order valence-corrected chi connectivity index (χ3v) is 23.4. The number of alkyl halides is 5. The van der Waals surface area contributed by atoms with Crippen LogP contribution in [0, 0.1) is 39.3 Å². The molecule has 12 aromatic rings. The van der Waals surface area contributed by atoms with Gasteiger partial charge in [-0.05, 0) is 112 Å². The van der Waals surface area contributed by atoms with E-state index in [1.807, 2.05) is 6.92 Å². The van der Waals surface area contributed by atoms with Crippen LogP contribution in [0.1, 0.15) is 101 Å². The Bertz CT molecular complexity index is 6340. The molecule has 24 atom stereocenters. The van der Waals surface area contributed by atoms with E-state index in [4.69, 9.17) is 67.9 Å². The van der Waals surface area contributed by atoms with Crippen molar-refractivity contribution in [3.05, 3.63) is 217 Å². The highest BCUT2D eigenvalue weighted by Crippen LogP contribution is 2.50. The van der Waals surface area contributed by atoms with E-state index < -0.39 is 195 Å². The van der Waals surface area contributed by atoms with Gasteiger partial charge in [0.25, 0.3) is 0 Å². The minimum Gasteiger partial charge on any atom is -0.397 e. The zero-order valence-electron chi connectivity index (χ0n) is 69.3. The second-order valence-electron chi connectivity index (χ2n) is 31.1. The summed E-state index contributed by atoms with van der Waals surface area (Å²) in [4.78, 5) is 23.5. The van der Waals surface area contributed by atoms with Gasteiger partial charge in [0.1, 0.15) is 138 Å². The lowest BCUT2D eigenvalue weighted by Gasteiger charge is -2.27. The predicted molar refractivity (Wildman–Crippen MR) is 435 cm³/mol. The fraction of sp³-hybridized carbons (Fsp3) is 0.474. The van der Waals surface area contributed by atoms with Crippen LogP contribution in [0.15, 0.2) is 132 Å². The van der Waals surface area contributed by atoms with Crippen molar-refractivity contribution in [1.29, 1.82) is 0 Å². The summed E-state index contributed by atoms with van der Waals surface area (Å²) < 4.78 is 141. The molecule has 0 aromatic carbocycles. The quantitative estimate of drug-likeness (QED) is 0.0203. The number of anilines is 3. The topological polar surface area (TPSA) is 724 Å². The number of halogens is 7. The Kier molecular flexibility index (Phi) is 27.8. The van der Waals surface area contributed by atoms with Crippen molar-refractivity contribution in [3.63, 3.8) is 0 Å². The Balaban J connectivity index is 0.000000134. The van der Waals surface area contributed by atoms with Crippen molar-refractivity contribution in [3.8, 4) is 0 Å². The molecule has 21 N–H and O–H groups in total. The summed E-state index contributed by atoms with van der Waals surface area (Å²) in [6.45, 7) is 7.35. The van der Waals surface area contributed by atoms with Crippen LogP contribution in [0.25, 0.3) is 64.4 Å². The van der Waals surface area contributed by atoms with Crippen LogP contribution in [-0.2, 0) is 28.4 Å². The maximum Gasteiger partial charge on any atom is 0.199 e. The molecule has 0 saturated carbocycles. The summed E-state index contributed by atoms with van der Waals surface area (Å²) in [7, 11) is 0.